The first-order chi connectivity index (χ1) is 6.76. The van der Waals surface area contributed by atoms with Gasteiger partial charge in [-0.3, -0.25) is 4.79 Å². The Labute approximate surface area is 84.9 Å². The summed E-state index contributed by atoms with van der Waals surface area (Å²) in [6.45, 7) is 6.16. The minimum atomic E-state index is -0.151. The van der Waals surface area contributed by atoms with Crippen molar-refractivity contribution in [2.75, 3.05) is 26.2 Å². The minimum Gasteiger partial charge on any atom is -0.355 e. The van der Waals surface area contributed by atoms with Gasteiger partial charge in [-0.15, -0.1) is 0 Å². The van der Waals surface area contributed by atoms with Gasteiger partial charge >= 0.3 is 0 Å². The molecular formula is C10H17N3O. The second-order valence-corrected chi connectivity index (χ2v) is 3.69. The van der Waals surface area contributed by atoms with Crippen LogP contribution in [0.5, 0.6) is 0 Å². The number of nitrogens with one attached hydrogen (secondary N) is 1. The summed E-state index contributed by atoms with van der Waals surface area (Å²) >= 11 is 0. The highest BCUT2D eigenvalue weighted by molar-refractivity contribution is 5.77. The van der Waals surface area contributed by atoms with Crippen LogP contribution in [0.1, 0.15) is 19.8 Å². The van der Waals surface area contributed by atoms with Gasteiger partial charge in [0, 0.05) is 13.1 Å². The summed E-state index contributed by atoms with van der Waals surface area (Å²) < 4.78 is 0. The number of carbonyl (C=O) groups is 1. The molecule has 0 aromatic heterocycles. The van der Waals surface area contributed by atoms with E-state index >= 15 is 0 Å². The molecule has 1 aliphatic heterocycles. The Bertz CT molecular complexity index is 234. The quantitative estimate of drug-likeness (QED) is 0.704. The van der Waals surface area contributed by atoms with Crippen molar-refractivity contribution in [2.24, 2.45) is 5.92 Å². The maximum absolute atomic E-state index is 11.0. The molecule has 0 aromatic rings. The molecule has 0 saturated carbocycles. The molecule has 1 aliphatic rings. The fraction of sp³-hybridized carbons (Fsp3) is 0.800. The molecule has 1 saturated heterocycles. The van der Waals surface area contributed by atoms with Crippen LogP contribution in [0.15, 0.2) is 0 Å². The Hall–Kier alpha value is -1.08. The molecule has 78 valence electrons. The van der Waals surface area contributed by atoms with Gasteiger partial charge in [-0.2, -0.15) is 5.26 Å². The van der Waals surface area contributed by atoms with Crippen molar-refractivity contribution in [3.63, 3.8) is 0 Å². The summed E-state index contributed by atoms with van der Waals surface area (Å²) in [4.78, 5) is 13.4. The highest BCUT2D eigenvalue weighted by atomic mass is 16.1. The third-order valence-corrected chi connectivity index (χ3v) is 2.64. The van der Waals surface area contributed by atoms with Gasteiger partial charge in [0.15, 0.2) is 0 Å². The van der Waals surface area contributed by atoms with E-state index in [1.54, 1.807) is 0 Å². The summed E-state index contributed by atoms with van der Waals surface area (Å²) in [6, 6.07) is 1.84. The van der Waals surface area contributed by atoms with Crippen molar-refractivity contribution in [1.82, 2.24) is 10.2 Å². The number of hydrogen-bond donors (Lipinski definition) is 1. The van der Waals surface area contributed by atoms with E-state index in [4.69, 9.17) is 5.26 Å². The van der Waals surface area contributed by atoms with Crippen LogP contribution in [0.4, 0.5) is 0 Å². The molecule has 0 aliphatic carbocycles. The van der Waals surface area contributed by atoms with Gasteiger partial charge in [0.25, 0.3) is 0 Å². The standard InChI is InChI=1S/C10H17N3O/c1-2-13-6-4-9(8-13)7-12-10(14)3-5-11/h9H,2-4,6-8H2,1H3,(H,12,14). The van der Waals surface area contributed by atoms with Gasteiger partial charge < -0.3 is 10.2 Å². The smallest absolute Gasteiger partial charge is 0.234 e. The molecule has 1 N–H and O–H groups in total. The van der Waals surface area contributed by atoms with Crippen molar-refractivity contribution < 1.29 is 4.79 Å². The van der Waals surface area contributed by atoms with Gasteiger partial charge in [0.2, 0.25) is 5.91 Å². The monoisotopic (exact) mass is 195 g/mol. The third kappa shape index (κ3) is 3.35. The van der Waals surface area contributed by atoms with Crippen molar-refractivity contribution in [1.29, 1.82) is 5.26 Å². The number of nitriles is 1. The van der Waals surface area contributed by atoms with Crippen molar-refractivity contribution >= 4 is 5.91 Å². The molecule has 0 radical (unpaired) electrons. The molecule has 4 heteroatoms. The molecule has 1 unspecified atom stereocenters. The first-order valence-corrected chi connectivity index (χ1v) is 5.12. The Morgan fingerprint density at radius 2 is 2.50 bits per heavy atom. The van der Waals surface area contributed by atoms with Gasteiger partial charge in [0.05, 0.1) is 6.07 Å². The van der Waals surface area contributed by atoms with E-state index < -0.39 is 0 Å². The summed E-state index contributed by atoms with van der Waals surface area (Å²) in [5.41, 5.74) is 0. The lowest BCUT2D eigenvalue weighted by molar-refractivity contribution is -0.120. The molecule has 14 heavy (non-hydrogen) atoms. The van der Waals surface area contributed by atoms with Crippen LogP contribution in [0, 0.1) is 17.2 Å². The van der Waals surface area contributed by atoms with Crippen LogP contribution in [-0.2, 0) is 4.79 Å². The first-order valence-electron chi connectivity index (χ1n) is 5.12. The van der Waals surface area contributed by atoms with Crippen molar-refractivity contribution in [3.05, 3.63) is 0 Å². The normalized spacial score (nSPS) is 21.9. The molecule has 0 aromatic carbocycles. The highest BCUT2D eigenvalue weighted by Gasteiger charge is 2.21. The van der Waals surface area contributed by atoms with Crippen molar-refractivity contribution in [2.45, 2.75) is 19.8 Å². The molecule has 1 rings (SSSR count). The van der Waals surface area contributed by atoms with Crippen LogP contribution in [0.25, 0.3) is 0 Å². The summed E-state index contributed by atoms with van der Waals surface area (Å²) in [6.07, 6.45) is 1.13. The third-order valence-electron chi connectivity index (χ3n) is 2.64. The Kier molecular flexibility index (Phi) is 4.41. The molecule has 1 atom stereocenters. The molecular weight excluding hydrogens is 178 g/mol. The lowest BCUT2D eigenvalue weighted by atomic mass is 10.1. The van der Waals surface area contributed by atoms with E-state index in [1.807, 2.05) is 6.07 Å². The van der Waals surface area contributed by atoms with Crippen molar-refractivity contribution in [3.8, 4) is 6.07 Å². The number of rotatable bonds is 4. The first kappa shape index (κ1) is 11.0. The summed E-state index contributed by atoms with van der Waals surface area (Å²) in [5, 5.41) is 11.1. The largest absolute Gasteiger partial charge is 0.355 e. The maximum Gasteiger partial charge on any atom is 0.234 e. The Morgan fingerprint density at radius 1 is 1.71 bits per heavy atom. The minimum absolute atomic E-state index is 0.0236. The summed E-state index contributed by atoms with van der Waals surface area (Å²) in [5.74, 6) is 0.417. The highest BCUT2D eigenvalue weighted by Crippen LogP contribution is 2.14. The van der Waals surface area contributed by atoms with E-state index in [9.17, 15) is 4.79 Å². The Morgan fingerprint density at radius 3 is 3.07 bits per heavy atom. The maximum atomic E-state index is 11.0. The number of hydrogen-bond acceptors (Lipinski definition) is 3. The van der Waals surface area contributed by atoms with Gasteiger partial charge in [-0.05, 0) is 25.4 Å². The van der Waals surface area contributed by atoms with Gasteiger partial charge in [-0.25, -0.2) is 0 Å². The zero-order chi connectivity index (χ0) is 10.4. The Balaban J connectivity index is 2.14. The lowest BCUT2D eigenvalue weighted by Crippen LogP contribution is -2.30. The van der Waals surface area contributed by atoms with Crippen LogP contribution in [0.3, 0.4) is 0 Å². The zero-order valence-electron chi connectivity index (χ0n) is 8.62. The second kappa shape index (κ2) is 5.61. The fourth-order valence-electron chi connectivity index (χ4n) is 1.76. The zero-order valence-corrected chi connectivity index (χ0v) is 8.62. The van der Waals surface area contributed by atoms with Gasteiger partial charge in [0.1, 0.15) is 6.42 Å². The molecule has 0 spiro atoms. The van der Waals surface area contributed by atoms with Gasteiger partial charge in [-0.1, -0.05) is 6.92 Å². The van der Waals surface area contributed by atoms with E-state index in [1.165, 1.54) is 0 Å². The van der Waals surface area contributed by atoms with Crippen LogP contribution in [0.2, 0.25) is 0 Å². The van der Waals surface area contributed by atoms with Crippen LogP contribution >= 0.6 is 0 Å². The topological polar surface area (TPSA) is 56.1 Å². The van der Waals surface area contributed by atoms with Crippen LogP contribution < -0.4 is 5.32 Å². The predicted molar refractivity (Wildman–Crippen MR) is 53.5 cm³/mol. The summed E-state index contributed by atoms with van der Waals surface area (Å²) in [7, 11) is 0. The molecule has 4 nitrogen and oxygen atoms in total. The number of carbonyl (C=O) groups excluding carboxylic acids is 1. The number of likely N-dealkylation sites (tertiary alicyclic amines) is 1. The average molecular weight is 195 g/mol. The molecule has 0 bridgehead atoms. The van der Waals surface area contributed by atoms with E-state index in [-0.39, 0.29) is 12.3 Å². The molecule has 1 amide bonds. The predicted octanol–water partition coefficient (Wildman–Crippen LogP) is 0.358. The number of amides is 1. The van der Waals surface area contributed by atoms with E-state index in [2.05, 4.69) is 17.1 Å². The van der Waals surface area contributed by atoms with E-state index in [0.29, 0.717) is 5.92 Å². The van der Waals surface area contributed by atoms with E-state index in [0.717, 1.165) is 32.6 Å². The fourth-order valence-corrected chi connectivity index (χ4v) is 1.76. The average Bonchev–Trinajstić information content (AvgIpc) is 2.63. The molecule has 1 fully saturated rings. The lowest BCUT2D eigenvalue weighted by Gasteiger charge is -2.13. The SMILES string of the molecule is CCN1CCC(CNC(=O)CC#N)C1. The van der Waals surface area contributed by atoms with Crippen LogP contribution in [-0.4, -0.2) is 37.0 Å². The number of nitrogens with zero attached hydrogens (tertiary/aromatic N) is 2. The molecule has 1 heterocycles. The second-order valence-electron chi connectivity index (χ2n) is 3.69.